The first-order chi connectivity index (χ1) is 8.36. The molecule has 0 saturated carbocycles. The fourth-order valence-electron chi connectivity index (χ4n) is 1.38. The molecule has 0 saturated heterocycles. The maximum atomic E-state index is 11.6. The Kier molecular flexibility index (Phi) is 3.71. The van der Waals surface area contributed by atoms with Crippen LogP contribution in [0.25, 0.3) is 6.08 Å². The second-order valence-corrected chi connectivity index (χ2v) is 3.48. The second kappa shape index (κ2) is 5.66. The Bertz CT molecular complexity index is 501. The Morgan fingerprint density at radius 1 is 0.882 bits per heavy atom. The van der Waals surface area contributed by atoms with E-state index in [9.17, 15) is 4.79 Å². The molecule has 0 fully saturated rings. The molecule has 0 spiro atoms. The SMILES string of the molecule is O=C(O/C=C/c1ccccc1)c1ccccc1. The van der Waals surface area contributed by atoms with Crippen LogP contribution in [-0.2, 0) is 4.74 Å². The van der Waals surface area contributed by atoms with Gasteiger partial charge in [-0.15, -0.1) is 0 Å². The van der Waals surface area contributed by atoms with Crippen LogP contribution in [0.2, 0.25) is 0 Å². The summed E-state index contributed by atoms with van der Waals surface area (Å²) in [6.45, 7) is 0. The molecule has 2 heteroatoms. The number of ether oxygens (including phenoxy) is 1. The van der Waals surface area contributed by atoms with Gasteiger partial charge in [0.1, 0.15) is 0 Å². The summed E-state index contributed by atoms with van der Waals surface area (Å²) in [4.78, 5) is 11.6. The Labute approximate surface area is 100 Å². The predicted octanol–water partition coefficient (Wildman–Crippen LogP) is 3.51. The summed E-state index contributed by atoms with van der Waals surface area (Å²) in [5, 5.41) is 0. The lowest BCUT2D eigenvalue weighted by Gasteiger charge is -1.98. The highest BCUT2D eigenvalue weighted by molar-refractivity contribution is 5.89. The molecule has 0 amide bonds. The first-order valence-electron chi connectivity index (χ1n) is 5.34. The molecule has 0 aromatic heterocycles. The minimum atomic E-state index is -0.349. The van der Waals surface area contributed by atoms with Crippen molar-refractivity contribution in [3.63, 3.8) is 0 Å². The largest absolute Gasteiger partial charge is 0.431 e. The van der Waals surface area contributed by atoms with Crippen molar-refractivity contribution in [1.29, 1.82) is 0 Å². The van der Waals surface area contributed by atoms with Crippen LogP contribution in [0.3, 0.4) is 0 Å². The molecule has 84 valence electrons. The Hall–Kier alpha value is -2.35. The molecule has 0 heterocycles. The van der Waals surface area contributed by atoms with Crippen LogP contribution in [0.5, 0.6) is 0 Å². The van der Waals surface area contributed by atoms with E-state index in [4.69, 9.17) is 4.74 Å². The van der Waals surface area contributed by atoms with Crippen LogP contribution in [0.4, 0.5) is 0 Å². The highest BCUT2D eigenvalue weighted by atomic mass is 16.5. The number of hydrogen-bond acceptors (Lipinski definition) is 2. The van der Waals surface area contributed by atoms with E-state index >= 15 is 0 Å². The normalized spacial score (nSPS) is 10.4. The Balaban J connectivity index is 1.95. The van der Waals surface area contributed by atoms with Gasteiger partial charge in [0.05, 0.1) is 11.8 Å². The van der Waals surface area contributed by atoms with Gasteiger partial charge in [0.2, 0.25) is 0 Å². The van der Waals surface area contributed by atoms with Gasteiger partial charge < -0.3 is 4.74 Å². The van der Waals surface area contributed by atoms with Crippen LogP contribution in [0, 0.1) is 0 Å². The maximum Gasteiger partial charge on any atom is 0.342 e. The van der Waals surface area contributed by atoms with Gasteiger partial charge in [0.15, 0.2) is 0 Å². The summed E-state index contributed by atoms with van der Waals surface area (Å²) in [6.07, 6.45) is 3.16. The molecular weight excluding hydrogens is 212 g/mol. The van der Waals surface area contributed by atoms with E-state index in [-0.39, 0.29) is 5.97 Å². The van der Waals surface area contributed by atoms with Crippen molar-refractivity contribution in [1.82, 2.24) is 0 Å². The van der Waals surface area contributed by atoms with E-state index in [0.717, 1.165) is 5.56 Å². The topological polar surface area (TPSA) is 26.3 Å². The van der Waals surface area contributed by atoms with E-state index in [0.29, 0.717) is 5.56 Å². The molecule has 0 bridgehead atoms. The molecule has 0 aliphatic heterocycles. The average molecular weight is 224 g/mol. The zero-order chi connectivity index (χ0) is 11.9. The van der Waals surface area contributed by atoms with E-state index in [1.54, 1.807) is 30.3 Å². The fraction of sp³-hybridized carbons (Fsp3) is 0. The smallest absolute Gasteiger partial charge is 0.342 e. The van der Waals surface area contributed by atoms with Gasteiger partial charge in [-0.1, -0.05) is 48.5 Å². The van der Waals surface area contributed by atoms with Crippen molar-refractivity contribution >= 4 is 12.0 Å². The molecule has 0 aliphatic rings. The number of hydrogen-bond donors (Lipinski definition) is 0. The third-order valence-electron chi connectivity index (χ3n) is 2.24. The molecule has 2 rings (SSSR count). The molecule has 2 nitrogen and oxygen atoms in total. The van der Waals surface area contributed by atoms with E-state index in [1.807, 2.05) is 36.4 Å². The van der Waals surface area contributed by atoms with E-state index in [2.05, 4.69) is 0 Å². The standard InChI is InChI=1S/C15H12O2/c16-15(14-9-5-2-6-10-14)17-12-11-13-7-3-1-4-8-13/h1-12H/b12-11+. The van der Waals surface area contributed by atoms with E-state index in [1.165, 1.54) is 6.26 Å². The lowest BCUT2D eigenvalue weighted by molar-refractivity contribution is 0.0665. The lowest BCUT2D eigenvalue weighted by Crippen LogP contribution is -1.99. The Morgan fingerprint density at radius 2 is 1.47 bits per heavy atom. The number of carbonyl (C=O) groups is 1. The van der Waals surface area contributed by atoms with Gasteiger partial charge in [-0.05, 0) is 23.8 Å². The van der Waals surface area contributed by atoms with Gasteiger partial charge in [-0.25, -0.2) is 4.79 Å². The van der Waals surface area contributed by atoms with Crippen LogP contribution >= 0.6 is 0 Å². The zero-order valence-electron chi connectivity index (χ0n) is 9.24. The van der Waals surface area contributed by atoms with Gasteiger partial charge in [-0.2, -0.15) is 0 Å². The molecule has 0 N–H and O–H groups in total. The molecule has 2 aromatic rings. The number of carbonyl (C=O) groups excluding carboxylic acids is 1. The summed E-state index contributed by atoms with van der Waals surface area (Å²) in [6, 6.07) is 18.6. The predicted molar refractivity (Wildman–Crippen MR) is 67.3 cm³/mol. The molecule has 2 aromatic carbocycles. The summed E-state index contributed by atoms with van der Waals surface area (Å²) in [5.74, 6) is -0.349. The fourth-order valence-corrected chi connectivity index (χ4v) is 1.38. The first kappa shape index (κ1) is 11.1. The third kappa shape index (κ3) is 3.31. The molecule has 0 radical (unpaired) electrons. The minimum Gasteiger partial charge on any atom is -0.431 e. The molecule has 0 atom stereocenters. The van der Waals surface area contributed by atoms with Gasteiger partial charge in [0.25, 0.3) is 0 Å². The highest BCUT2D eigenvalue weighted by Gasteiger charge is 2.02. The minimum absolute atomic E-state index is 0.349. The van der Waals surface area contributed by atoms with E-state index < -0.39 is 0 Å². The number of esters is 1. The number of rotatable bonds is 3. The lowest BCUT2D eigenvalue weighted by atomic mass is 10.2. The summed E-state index contributed by atoms with van der Waals surface area (Å²) >= 11 is 0. The molecule has 0 unspecified atom stereocenters. The first-order valence-corrected chi connectivity index (χ1v) is 5.34. The van der Waals surface area contributed by atoms with Crippen molar-refractivity contribution in [2.45, 2.75) is 0 Å². The van der Waals surface area contributed by atoms with Gasteiger partial charge in [0, 0.05) is 0 Å². The third-order valence-corrected chi connectivity index (χ3v) is 2.24. The average Bonchev–Trinajstić information content (AvgIpc) is 2.41. The monoisotopic (exact) mass is 224 g/mol. The summed E-state index contributed by atoms with van der Waals surface area (Å²) < 4.78 is 5.01. The molecule has 17 heavy (non-hydrogen) atoms. The van der Waals surface area contributed by atoms with Crippen molar-refractivity contribution in [2.75, 3.05) is 0 Å². The van der Waals surface area contributed by atoms with Crippen molar-refractivity contribution < 1.29 is 9.53 Å². The summed E-state index contributed by atoms with van der Waals surface area (Å²) in [7, 11) is 0. The van der Waals surface area contributed by atoms with Crippen LogP contribution in [0.15, 0.2) is 66.9 Å². The zero-order valence-corrected chi connectivity index (χ0v) is 9.24. The second-order valence-electron chi connectivity index (χ2n) is 3.48. The van der Waals surface area contributed by atoms with Crippen molar-refractivity contribution in [3.8, 4) is 0 Å². The van der Waals surface area contributed by atoms with Gasteiger partial charge in [-0.3, -0.25) is 0 Å². The van der Waals surface area contributed by atoms with Crippen molar-refractivity contribution in [3.05, 3.63) is 78.1 Å². The quantitative estimate of drug-likeness (QED) is 0.589. The van der Waals surface area contributed by atoms with Gasteiger partial charge >= 0.3 is 5.97 Å². The number of benzene rings is 2. The van der Waals surface area contributed by atoms with Crippen LogP contribution in [-0.4, -0.2) is 5.97 Å². The maximum absolute atomic E-state index is 11.6. The van der Waals surface area contributed by atoms with Crippen LogP contribution < -0.4 is 0 Å². The highest BCUT2D eigenvalue weighted by Crippen LogP contribution is 2.04. The summed E-state index contributed by atoms with van der Waals surface area (Å²) in [5.41, 5.74) is 1.54. The molecular formula is C15H12O2. The van der Waals surface area contributed by atoms with Crippen LogP contribution in [0.1, 0.15) is 15.9 Å². The van der Waals surface area contributed by atoms with Crippen molar-refractivity contribution in [2.24, 2.45) is 0 Å². The molecule has 0 aliphatic carbocycles. The Morgan fingerprint density at radius 3 is 2.12 bits per heavy atom.